The molecule has 18 heavy (non-hydrogen) atoms. The summed E-state index contributed by atoms with van der Waals surface area (Å²) in [5.74, 6) is 0. The monoisotopic (exact) mass is 252 g/mol. The van der Waals surface area contributed by atoms with E-state index in [1.54, 1.807) is 0 Å². The molecule has 2 nitrogen and oxygen atoms in total. The normalized spacial score (nSPS) is 10.7. The van der Waals surface area contributed by atoms with Gasteiger partial charge in [0.1, 0.15) is 0 Å². The van der Waals surface area contributed by atoms with Crippen LogP contribution in [0.3, 0.4) is 0 Å². The molecule has 0 aliphatic carbocycles. The lowest BCUT2D eigenvalue weighted by molar-refractivity contribution is 1.25. The number of nitrogens with one attached hydrogen (secondary N) is 1. The molecule has 3 heteroatoms. The molecular formula is C15H12N2S. The molecule has 0 amide bonds. The summed E-state index contributed by atoms with van der Waals surface area (Å²) in [6.45, 7) is 2.00. The second kappa shape index (κ2) is 4.35. The number of benzene rings is 1. The molecule has 0 spiro atoms. The second-order valence-corrected chi connectivity index (χ2v) is 4.77. The van der Waals surface area contributed by atoms with E-state index in [2.05, 4.69) is 28.2 Å². The Morgan fingerprint density at radius 1 is 1.06 bits per heavy atom. The number of pyridine rings is 2. The summed E-state index contributed by atoms with van der Waals surface area (Å²) >= 11 is 5.18. The highest BCUT2D eigenvalue weighted by Gasteiger charge is 2.01. The Labute approximate surface area is 110 Å². The minimum Gasteiger partial charge on any atom is -0.361 e. The van der Waals surface area contributed by atoms with E-state index in [0.717, 1.165) is 32.4 Å². The quantitative estimate of drug-likeness (QED) is 0.655. The molecule has 0 bridgehead atoms. The molecule has 0 saturated carbocycles. The molecule has 1 N–H and O–H groups in total. The van der Waals surface area contributed by atoms with Crippen molar-refractivity contribution >= 4 is 23.1 Å². The van der Waals surface area contributed by atoms with Crippen molar-refractivity contribution in [2.75, 3.05) is 0 Å². The van der Waals surface area contributed by atoms with Crippen LogP contribution >= 0.6 is 12.2 Å². The fourth-order valence-electron chi connectivity index (χ4n) is 2.01. The van der Waals surface area contributed by atoms with Crippen molar-refractivity contribution in [1.82, 2.24) is 9.97 Å². The Balaban J connectivity index is 2.19. The molecule has 3 rings (SSSR count). The second-order valence-electron chi connectivity index (χ2n) is 4.30. The van der Waals surface area contributed by atoms with Crippen LogP contribution in [0.25, 0.3) is 22.2 Å². The molecule has 0 aliphatic heterocycles. The van der Waals surface area contributed by atoms with Crippen molar-refractivity contribution in [2.45, 2.75) is 6.92 Å². The average molecular weight is 252 g/mol. The number of aromatic nitrogens is 2. The molecule has 0 fully saturated rings. The zero-order valence-corrected chi connectivity index (χ0v) is 10.8. The van der Waals surface area contributed by atoms with Crippen LogP contribution in [-0.4, -0.2) is 9.97 Å². The van der Waals surface area contributed by atoms with Gasteiger partial charge in [-0.2, -0.15) is 0 Å². The van der Waals surface area contributed by atoms with E-state index in [4.69, 9.17) is 12.2 Å². The fourth-order valence-corrected chi connectivity index (χ4v) is 2.19. The van der Waals surface area contributed by atoms with Crippen molar-refractivity contribution in [3.8, 4) is 11.3 Å². The summed E-state index contributed by atoms with van der Waals surface area (Å²) in [5.41, 5.74) is 4.22. The van der Waals surface area contributed by atoms with Crippen LogP contribution in [0.4, 0.5) is 0 Å². The van der Waals surface area contributed by atoms with Crippen LogP contribution < -0.4 is 0 Å². The molecule has 88 valence electrons. The topological polar surface area (TPSA) is 28.7 Å². The van der Waals surface area contributed by atoms with Crippen LogP contribution in [0.1, 0.15) is 5.69 Å². The van der Waals surface area contributed by atoms with Gasteiger partial charge in [0.25, 0.3) is 0 Å². The first kappa shape index (κ1) is 11.1. The number of H-pyrrole nitrogens is 1. The predicted molar refractivity (Wildman–Crippen MR) is 77.1 cm³/mol. The third kappa shape index (κ3) is 2.05. The molecule has 2 heterocycles. The summed E-state index contributed by atoms with van der Waals surface area (Å²) in [6, 6.07) is 14.2. The molecule has 2 aromatic heterocycles. The van der Waals surface area contributed by atoms with Crippen LogP contribution in [0.5, 0.6) is 0 Å². The molecule has 0 atom stereocenters. The van der Waals surface area contributed by atoms with E-state index in [-0.39, 0.29) is 0 Å². The summed E-state index contributed by atoms with van der Waals surface area (Å²) in [7, 11) is 0. The number of hydrogen-bond donors (Lipinski definition) is 1. The van der Waals surface area contributed by atoms with Crippen molar-refractivity contribution in [3.05, 3.63) is 58.9 Å². The summed E-state index contributed by atoms with van der Waals surface area (Å²) in [5, 5.41) is 1.14. The molecule has 1 aromatic carbocycles. The maximum Gasteiger partial charge on any atom is 0.0705 e. The lowest BCUT2D eigenvalue weighted by atomic mass is 10.1. The SMILES string of the molecule is Cc1ccc2cc(-c3cc(=S)cc[nH]3)ccc2n1. The van der Waals surface area contributed by atoms with E-state index < -0.39 is 0 Å². The first-order chi connectivity index (χ1) is 8.72. The first-order valence-corrected chi connectivity index (χ1v) is 6.20. The Hall–Kier alpha value is -2.00. The van der Waals surface area contributed by atoms with Gasteiger partial charge in [-0.1, -0.05) is 24.4 Å². The minimum atomic E-state index is 0.839. The lowest BCUT2D eigenvalue weighted by Crippen LogP contribution is -1.86. The van der Waals surface area contributed by atoms with Gasteiger partial charge in [0.15, 0.2) is 0 Å². The van der Waals surface area contributed by atoms with Gasteiger partial charge in [0.05, 0.1) is 5.52 Å². The average Bonchev–Trinajstić information content (AvgIpc) is 2.38. The molecule has 3 aromatic rings. The molecular weight excluding hydrogens is 240 g/mol. The van der Waals surface area contributed by atoms with Crippen LogP contribution in [0.2, 0.25) is 0 Å². The highest BCUT2D eigenvalue weighted by Crippen LogP contribution is 2.22. The predicted octanol–water partition coefficient (Wildman–Crippen LogP) is 4.27. The van der Waals surface area contributed by atoms with Gasteiger partial charge in [-0.15, -0.1) is 0 Å². The first-order valence-electron chi connectivity index (χ1n) is 5.79. The largest absolute Gasteiger partial charge is 0.361 e. The molecule has 0 unspecified atom stereocenters. The number of fused-ring (bicyclic) bond motifs is 1. The molecule has 0 saturated heterocycles. The van der Waals surface area contributed by atoms with Crippen LogP contribution in [0.15, 0.2) is 48.7 Å². The maximum absolute atomic E-state index is 5.18. The number of aryl methyl sites for hydroxylation is 1. The Morgan fingerprint density at radius 3 is 2.78 bits per heavy atom. The van der Waals surface area contributed by atoms with Crippen molar-refractivity contribution in [1.29, 1.82) is 0 Å². The third-order valence-electron chi connectivity index (χ3n) is 2.91. The van der Waals surface area contributed by atoms with Gasteiger partial charge in [0.2, 0.25) is 0 Å². The van der Waals surface area contributed by atoms with Crippen molar-refractivity contribution in [2.24, 2.45) is 0 Å². The third-order valence-corrected chi connectivity index (χ3v) is 3.17. The Bertz CT molecular complexity index is 775. The number of hydrogen-bond acceptors (Lipinski definition) is 2. The highest BCUT2D eigenvalue weighted by molar-refractivity contribution is 7.71. The van der Waals surface area contributed by atoms with E-state index >= 15 is 0 Å². The number of rotatable bonds is 1. The summed E-state index contributed by atoms with van der Waals surface area (Å²) < 4.78 is 0.839. The zero-order chi connectivity index (χ0) is 12.5. The van der Waals surface area contributed by atoms with Gasteiger partial charge < -0.3 is 4.98 Å². The molecule has 0 aliphatic rings. The summed E-state index contributed by atoms with van der Waals surface area (Å²) in [4.78, 5) is 7.71. The van der Waals surface area contributed by atoms with Gasteiger partial charge in [-0.3, -0.25) is 4.98 Å². The van der Waals surface area contributed by atoms with Gasteiger partial charge >= 0.3 is 0 Å². The summed E-state index contributed by atoms with van der Waals surface area (Å²) in [6.07, 6.45) is 1.87. The van der Waals surface area contributed by atoms with E-state index in [1.165, 1.54) is 0 Å². The maximum atomic E-state index is 5.18. The van der Waals surface area contributed by atoms with Crippen molar-refractivity contribution in [3.63, 3.8) is 0 Å². The standard InChI is InChI=1S/C15H12N2S/c1-10-2-3-11-8-12(4-5-14(11)17-10)15-9-13(18)6-7-16-15/h2-9H,1H3,(H,16,18). The smallest absolute Gasteiger partial charge is 0.0705 e. The van der Waals surface area contributed by atoms with Crippen LogP contribution in [-0.2, 0) is 0 Å². The van der Waals surface area contributed by atoms with E-state index in [9.17, 15) is 0 Å². The van der Waals surface area contributed by atoms with E-state index in [1.807, 2.05) is 37.4 Å². The highest BCUT2D eigenvalue weighted by atomic mass is 32.1. The minimum absolute atomic E-state index is 0.839. The zero-order valence-electron chi connectivity index (χ0n) is 9.97. The van der Waals surface area contributed by atoms with Crippen molar-refractivity contribution < 1.29 is 0 Å². The number of aromatic amines is 1. The lowest BCUT2D eigenvalue weighted by Gasteiger charge is -2.04. The van der Waals surface area contributed by atoms with Crippen LogP contribution in [0, 0.1) is 11.4 Å². The van der Waals surface area contributed by atoms with Gasteiger partial charge in [-0.05, 0) is 42.8 Å². The van der Waals surface area contributed by atoms with Gasteiger partial charge in [0, 0.05) is 27.5 Å². The number of nitrogens with zero attached hydrogens (tertiary/aromatic N) is 1. The van der Waals surface area contributed by atoms with Gasteiger partial charge in [-0.25, -0.2) is 0 Å². The Kier molecular flexibility index (Phi) is 2.68. The molecule has 0 radical (unpaired) electrons. The fraction of sp³-hybridized carbons (Fsp3) is 0.0667. The van der Waals surface area contributed by atoms with E-state index in [0.29, 0.717) is 0 Å². The Morgan fingerprint density at radius 2 is 1.94 bits per heavy atom.